The van der Waals surface area contributed by atoms with Gasteiger partial charge in [-0.15, -0.1) is 0 Å². The second kappa shape index (κ2) is 12.6. The predicted molar refractivity (Wildman–Crippen MR) is 134 cm³/mol. The van der Waals surface area contributed by atoms with Crippen LogP contribution in [0, 0.1) is 0 Å². The molecule has 1 aliphatic carbocycles. The topological polar surface area (TPSA) is 104 Å². The number of carbonyl (C=O) groups excluding carboxylic acids is 3. The molecule has 0 aliphatic heterocycles. The smallest absolute Gasteiger partial charge is 0.328 e. The van der Waals surface area contributed by atoms with Gasteiger partial charge in [-0.2, -0.15) is 11.8 Å². The first-order valence-corrected chi connectivity index (χ1v) is 13.1. The molecule has 1 aromatic heterocycles. The number of aryl methyl sites for hydroxylation is 1. The molecule has 0 bridgehead atoms. The monoisotopic (exact) mass is 500 g/mol. The lowest BCUT2D eigenvalue weighted by molar-refractivity contribution is -0.152. The number of nitrogens with zero attached hydrogens (tertiary/aromatic N) is 1. The van der Waals surface area contributed by atoms with Crippen molar-refractivity contribution in [2.24, 2.45) is 0 Å². The highest BCUT2D eigenvalue weighted by Gasteiger charge is 2.30. The molecular formula is C26H32N2O6S. The Morgan fingerprint density at radius 1 is 1.23 bits per heavy atom. The third-order valence-electron chi connectivity index (χ3n) is 6.04. The number of esters is 2. The predicted octanol–water partition coefficient (Wildman–Crippen LogP) is 3.92. The van der Waals surface area contributed by atoms with Crippen LogP contribution in [0.2, 0.25) is 0 Å². The van der Waals surface area contributed by atoms with Crippen LogP contribution in [0.3, 0.4) is 0 Å². The van der Waals surface area contributed by atoms with Gasteiger partial charge >= 0.3 is 11.9 Å². The molecule has 0 fully saturated rings. The molecule has 35 heavy (non-hydrogen) atoms. The van der Waals surface area contributed by atoms with E-state index < -0.39 is 23.9 Å². The molecule has 1 N–H and O–H groups in total. The number of rotatable bonds is 9. The lowest BCUT2D eigenvalue weighted by Crippen LogP contribution is -2.42. The zero-order valence-electron chi connectivity index (χ0n) is 20.5. The summed E-state index contributed by atoms with van der Waals surface area (Å²) in [4.78, 5) is 42.1. The van der Waals surface area contributed by atoms with Crippen molar-refractivity contribution in [3.8, 4) is 11.5 Å². The lowest BCUT2D eigenvalue weighted by atomic mass is 9.92. The molecule has 9 heteroatoms. The van der Waals surface area contributed by atoms with Crippen molar-refractivity contribution < 1.29 is 28.6 Å². The molecule has 0 saturated heterocycles. The summed E-state index contributed by atoms with van der Waals surface area (Å²) in [7, 11) is 1.41. The normalized spacial score (nSPS) is 17.9. The van der Waals surface area contributed by atoms with Crippen LogP contribution >= 0.6 is 11.8 Å². The lowest BCUT2D eigenvalue weighted by Gasteiger charge is -2.25. The number of ether oxygens (including phenoxy) is 3. The summed E-state index contributed by atoms with van der Waals surface area (Å²) >= 11 is 1.51. The second-order valence-electron chi connectivity index (χ2n) is 8.46. The van der Waals surface area contributed by atoms with Gasteiger partial charge in [-0.05, 0) is 43.6 Å². The highest BCUT2D eigenvalue weighted by molar-refractivity contribution is 7.98. The van der Waals surface area contributed by atoms with E-state index in [1.54, 1.807) is 6.92 Å². The Bertz CT molecular complexity index is 1060. The molecule has 0 saturated carbocycles. The van der Waals surface area contributed by atoms with Crippen LogP contribution in [0.15, 0.2) is 36.5 Å². The molecule has 0 spiro atoms. The molecule has 1 aromatic carbocycles. The van der Waals surface area contributed by atoms with Gasteiger partial charge in [-0.3, -0.25) is 9.59 Å². The van der Waals surface area contributed by atoms with E-state index in [4.69, 9.17) is 14.2 Å². The SMILES string of the molecule is COc1ccnc(C(=O)N[C@@H](C)C(=O)OC2CCCc3ccccc3C2C)c1OC(=O)CCSC. The molecule has 188 valence electrons. The summed E-state index contributed by atoms with van der Waals surface area (Å²) in [6, 6.07) is 8.78. The Morgan fingerprint density at radius 2 is 2.00 bits per heavy atom. The van der Waals surface area contributed by atoms with Crippen molar-refractivity contribution >= 4 is 29.6 Å². The summed E-state index contributed by atoms with van der Waals surface area (Å²) in [5.41, 5.74) is 2.33. The maximum atomic E-state index is 13.0. The van der Waals surface area contributed by atoms with Gasteiger partial charge in [0.05, 0.1) is 13.5 Å². The van der Waals surface area contributed by atoms with Crippen LogP contribution in [-0.2, 0) is 20.7 Å². The quantitative estimate of drug-likeness (QED) is 0.408. The Balaban J connectivity index is 1.69. The van der Waals surface area contributed by atoms with Crippen molar-refractivity contribution in [1.82, 2.24) is 10.3 Å². The van der Waals surface area contributed by atoms with E-state index in [9.17, 15) is 14.4 Å². The molecular weight excluding hydrogens is 468 g/mol. The first-order chi connectivity index (χ1) is 16.8. The van der Waals surface area contributed by atoms with Gasteiger partial charge in [-0.1, -0.05) is 31.2 Å². The Kier molecular flexibility index (Phi) is 9.54. The maximum absolute atomic E-state index is 13.0. The summed E-state index contributed by atoms with van der Waals surface area (Å²) in [6.45, 7) is 3.61. The third-order valence-corrected chi connectivity index (χ3v) is 6.65. The number of carbonyl (C=O) groups is 3. The van der Waals surface area contributed by atoms with Crippen LogP contribution < -0.4 is 14.8 Å². The fourth-order valence-corrected chi connectivity index (χ4v) is 4.46. The molecule has 0 radical (unpaired) electrons. The van der Waals surface area contributed by atoms with E-state index in [1.165, 1.54) is 42.3 Å². The number of fused-ring (bicyclic) bond motifs is 1. The highest BCUT2D eigenvalue weighted by Crippen LogP contribution is 2.33. The minimum Gasteiger partial charge on any atom is -0.493 e. The number of nitrogens with one attached hydrogen (secondary N) is 1. The number of hydrogen-bond donors (Lipinski definition) is 1. The number of pyridine rings is 1. The van der Waals surface area contributed by atoms with E-state index >= 15 is 0 Å². The number of amides is 1. The van der Waals surface area contributed by atoms with E-state index in [-0.39, 0.29) is 35.6 Å². The molecule has 2 aromatic rings. The largest absolute Gasteiger partial charge is 0.493 e. The van der Waals surface area contributed by atoms with Crippen LogP contribution in [0.1, 0.15) is 60.6 Å². The zero-order chi connectivity index (χ0) is 25.4. The fraction of sp³-hybridized carbons (Fsp3) is 0.462. The van der Waals surface area contributed by atoms with Crippen LogP contribution in [0.25, 0.3) is 0 Å². The number of hydrogen-bond acceptors (Lipinski definition) is 8. The van der Waals surface area contributed by atoms with Crippen molar-refractivity contribution in [3.05, 3.63) is 53.3 Å². The molecule has 2 unspecified atom stereocenters. The first-order valence-electron chi connectivity index (χ1n) is 11.7. The molecule has 8 nitrogen and oxygen atoms in total. The minimum atomic E-state index is -0.929. The average molecular weight is 501 g/mol. The Labute approximate surface area is 210 Å². The van der Waals surface area contributed by atoms with Gasteiger partial charge in [0.1, 0.15) is 12.1 Å². The standard InChI is InChI=1S/C26H32N2O6S/c1-16-19-10-6-5-8-18(19)9-7-11-20(16)33-26(31)17(2)28-25(30)23-24(21(32-3)12-14-27-23)34-22(29)13-15-35-4/h5-6,8,10,12,14,16-17,20H,7,9,11,13,15H2,1-4H3,(H,28,30)/t16?,17-,20?/m0/s1. The van der Waals surface area contributed by atoms with E-state index in [1.807, 2.05) is 18.4 Å². The van der Waals surface area contributed by atoms with E-state index in [0.717, 1.165) is 19.3 Å². The number of aromatic nitrogens is 1. The number of benzene rings is 1. The summed E-state index contributed by atoms with van der Waals surface area (Å²) < 4.78 is 16.5. The molecule has 1 amide bonds. The highest BCUT2D eigenvalue weighted by atomic mass is 32.2. The average Bonchev–Trinajstić information content (AvgIpc) is 3.01. The summed E-state index contributed by atoms with van der Waals surface area (Å²) in [5, 5.41) is 2.62. The minimum absolute atomic E-state index is 0.0490. The summed E-state index contributed by atoms with van der Waals surface area (Å²) in [5.74, 6) is -0.952. The van der Waals surface area contributed by atoms with Gasteiger partial charge in [0.15, 0.2) is 11.4 Å². The second-order valence-corrected chi connectivity index (χ2v) is 9.44. The zero-order valence-corrected chi connectivity index (χ0v) is 21.4. The van der Waals surface area contributed by atoms with Crippen LogP contribution in [-0.4, -0.2) is 54.1 Å². The molecule has 3 rings (SSSR count). The van der Waals surface area contributed by atoms with Crippen molar-refractivity contribution in [2.45, 2.75) is 57.6 Å². The summed E-state index contributed by atoms with van der Waals surface area (Å²) in [6.07, 6.45) is 5.75. The number of thioether (sulfide) groups is 1. The van der Waals surface area contributed by atoms with E-state index in [0.29, 0.717) is 5.75 Å². The van der Waals surface area contributed by atoms with Crippen LogP contribution in [0.4, 0.5) is 0 Å². The number of methoxy groups -OCH3 is 1. The van der Waals surface area contributed by atoms with Gasteiger partial charge < -0.3 is 19.5 Å². The van der Waals surface area contributed by atoms with Crippen LogP contribution in [0.5, 0.6) is 11.5 Å². The molecule has 1 heterocycles. The molecule has 3 atom stereocenters. The van der Waals surface area contributed by atoms with Gasteiger partial charge in [-0.25, -0.2) is 9.78 Å². The van der Waals surface area contributed by atoms with Crippen molar-refractivity contribution in [1.29, 1.82) is 0 Å². The third kappa shape index (κ3) is 6.75. The fourth-order valence-electron chi connectivity index (χ4n) is 4.09. The van der Waals surface area contributed by atoms with Crippen molar-refractivity contribution in [3.63, 3.8) is 0 Å². The molecule has 1 aliphatic rings. The van der Waals surface area contributed by atoms with E-state index in [2.05, 4.69) is 29.4 Å². The van der Waals surface area contributed by atoms with Crippen molar-refractivity contribution in [2.75, 3.05) is 19.1 Å². The maximum Gasteiger partial charge on any atom is 0.328 e. The Morgan fingerprint density at radius 3 is 2.74 bits per heavy atom. The van der Waals surface area contributed by atoms with Gasteiger partial charge in [0, 0.05) is 23.9 Å². The van der Waals surface area contributed by atoms with Gasteiger partial charge in [0.2, 0.25) is 5.75 Å². The van der Waals surface area contributed by atoms with Gasteiger partial charge in [0.25, 0.3) is 5.91 Å². The Hall–Kier alpha value is -3.07. The first kappa shape index (κ1) is 26.5.